The zero-order valence-electron chi connectivity index (χ0n) is 17.2. The summed E-state index contributed by atoms with van der Waals surface area (Å²) in [6.07, 6.45) is 3.62. The van der Waals surface area contributed by atoms with Gasteiger partial charge in [0.15, 0.2) is 0 Å². The molecule has 162 valence electrons. The Balaban J connectivity index is 1.48. The van der Waals surface area contributed by atoms with Crippen LogP contribution in [0.1, 0.15) is 25.0 Å². The predicted molar refractivity (Wildman–Crippen MR) is 125 cm³/mol. The van der Waals surface area contributed by atoms with Crippen LogP contribution in [0.4, 0.5) is 23.1 Å². The molecule has 1 fully saturated rings. The van der Waals surface area contributed by atoms with Crippen LogP contribution in [-0.4, -0.2) is 31.5 Å². The number of piperidine rings is 1. The molecule has 1 aliphatic heterocycles. The number of aryl methyl sites for hydroxylation is 1. The number of halogens is 1. The van der Waals surface area contributed by atoms with Crippen molar-refractivity contribution in [2.45, 2.75) is 31.1 Å². The van der Waals surface area contributed by atoms with E-state index in [1.165, 1.54) is 25.3 Å². The Morgan fingerprint density at radius 1 is 0.935 bits per heavy atom. The molecule has 0 aliphatic carbocycles. The van der Waals surface area contributed by atoms with E-state index >= 15 is 0 Å². The van der Waals surface area contributed by atoms with Crippen LogP contribution in [0.15, 0.2) is 59.5 Å². The molecule has 31 heavy (non-hydrogen) atoms. The minimum atomic E-state index is -3.77. The smallest absolute Gasteiger partial charge is 0.263 e. The van der Waals surface area contributed by atoms with Crippen molar-refractivity contribution in [2.24, 2.45) is 0 Å². The molecule has 4 rings (SSSR count). The SMILES string of the molecule is Cc1cc(N2CCCCC2)nc(Nc2ccc(NS(=O)(=O)c3ccccc3Cl)cc2)n1. The van der Waals surface area contributed by atoms with Crippen molar-refractivity contribution >= 4 is 44.8 Å². The van der Waals surface area contributed by atoms with E-state index in [1.807, 2.05) is 13.0 Å². The Morgan fingerprint density at radius 3 is 2.32 bits per heavy atom. The largest absolute Gasteiger partial charge is 0.356 e. The summed E-state index contributed by atoms with van der Waals surface area (Å²) in [5, 5.41) is 3.38. The molecule has 1 aliphatic rings. The quantitative estimate of drug-likeness (QED) is 0.543. The first-order valence-corrected chi connectivity index (χ1v) is 12.0. The van der Waals surface area contributed by atoms with Gasteiger partial charge in [-0.05, 0) is 62.6 Å². The standard InChI is InChI=1S/C22H24ClN5O2S/c1-16-15-21(28-13-5-2-6-14-28)26-22(24-16)25-17-9-11-18(12-10-17)27-31(29,30)20-8-4-3-7-19(20)23/h3-4,7-12,15,27H,2,5-6,13-14H2,1H3,(H,24,25,26). The monoisotopic (exact) mass is 457 g/mol. The van der Waals surface area contributed by atoms with E-state index in [0.717, 1.165) is 30.3 Å². The van der Waals surface area contributed by atoms with E-state index in [4.69, 9.17) is 11.6 Å². The van der Waals surface area contributed by atoms with Crippen LogP contribution in [0, 0.1) is 6.92 Å². The number of rotatable bonds is 6. The zero-order valence-corrected chi connectivity index (χ0v) is 18.7. The first-order chi connectivity index (χ1) is 14.9. The molecule has 0 saturated carbocycles. The van der Waals surface area contributed by atoms with Crippen LogP contribution < -0.4 is 14.9 Å². The van der Waals surface area contributed by atoms with Crippen LogP contribution in [0.25, 0.3) is 0 Å². The fraction of sp³-hybridized carbons (Fsp3) is 0.273. The average molecular weight is 458 g/mol. The van der Waals surface area contributed by atoms with E-state index < -0.39 is 10.0 Å². The van der Waals surface area contributed by atoms with Gasteiger partial charge in [0.2, 0.25) is 5.95 Å². The molecule has 2 heterocycles. The number of benzene rings is 2. The highest BCUT2D eigenvalue weighted by Gasteiger charge is 2.17. The molecule has 1 saturated heterocycles. The van der Waals surface area contributed by atoms with Crippen molar-refractivity contribution in [3.05, 3.63) is 65.3 Å². The summed E-state index contributed by atoms with van der Waals surface area (Å²) in [6, 6.07) is 15.2. The number of hydrogen-bond donors (Lipinski definition) is 2. The van der Waals surface area contributed by atoms with Crippen LogP contribution in [-0.2, 0) is 10.0 Å². The number of nitrogens with zero attached hydrogens (tertiary/aromatic N) is 3. The maximum atomic E-state index is 12.6. The summed E-state index contributed by atoms with van der Waals surface area (Å²) in [6.45, 7) is 3.97. The maximum absolute atomic E-state index is 12.6. The maximum Gasteiger partial charge on any atom is 0.263 e. The molecule has 2 N–H and O–H groups in total. The summed E-state index contributed by atoms with van der Waals surface area (Å²) >= 11 is 6.03. The van der Waals surface area contributed by atoms with Gasteiger partial charge in [0.25, 0.3) is 10.0 Å². The molecular weight excluding hydrogens is 434 g/mol. The van der Waals surface area contributed by atoms with E-state index in [1.54, 1.807) is 42.5 Å². The summed E-state index contributed by atoms with van der Waals surface area (Å²) < 4.78 is 27.7. The fourth-order valence-electron chi connectivity index (χ4n) is 3.52. The van der Waals surface area contributed by atoms with Gasteiger partial charge in [0, 0.05) is 36.2 Å². The molecule has 2 aromatic carbocycles. The third kappa shape index (κ3) is 5.26. The molecule has 0 amide bonds. The van der Waals surface area contributed by atoms with Gasteiger partial charge < -0.3 is 10.2 Å². The third-order valence-electron chi connectivity index (χ3n) is 5.04. The fourth-order valence-corrected chi connectivity index (χ4v) is 5.10. The number of anilines is 4. The number of aromatic nitrogens is 2. The molecule has 0 unspecified atom stereocenters. The summed E-state index contributed by atoms with van der Waals surface area (Å²) in [5.74, 6) is 1.45. The second-order valence-electron chi connectivity index (χ2n) is 7.48. The molecule has 0 bridgehead atoms. The zero-order chi connectivity index (χ0) is 21.8. The van der Waals surface area contributed by atoms with Crippen molar-refractivity contribution in [1.29, 1.82) is 0 Å². The van der Waals surface area contributed by atoms with Gasteiger partial charge in [-0.15, -0.1) is 0 Å². The van der Waals surface area contributed by atoms with Crippen molar-refractivity contribution in [1.82, 2.24) is 9.97 Å². The Hall–Kier alpha value is -2.84. The molecule has 1 aromatic heterocycles. The van der Waals surface area contributed by atoms with E-state index in [0.29, 0.717) is 11.6 Å². The van der Waals surface area contributed by atoms with Gasteiger partial charge in [0.05, 0.1) is 5.02 Å². The topological polar surface area (TPSA) is 87.2 Å². The highest BCUT2D eigenvalue weighted by molar-refractivity contribution is 7.92. The first kappa shape index (κ1) is 21.4. The number of sulfonamides is 1. The molecular formula is C22H24ClN5O2S. The number of nitrogens with one attached hydrogen (secondary N) is 2. The van der Waals surface area contributed by atoms with Crippen LogP contribution in [0.2, 0.25) is 5.02 Å². The Morgan fingerprint density at radius 2 is 1.61 bits per heavy atom. The van der Waals surface area contributed by atoms with Gasteiger partial charge in [0.1, 0.15) is 10.7 Å². The van der Waals surface area contributed by atoms with Gasteiger partial charge in [-0.1, -0.05) is 23.7 Å². The predicted octanol–water partition coefficient (Wildman–Crippen LogP) is 4.97. The molecule has 0 radical (unpaired) electrons. The van der Waals surface area contributed by atoms with Crippen molar-refractivity contribution < 1.29 is 8.42 Å². The second-order valence-corrected chi connectivity index (χ2v) is 9.54. The molecule has 3 aromatic rings. The second kappa shape index (κ2) is 9.11. The lowest BCUT2D eigenvalue weighted by molar-refractivity contribution is 0.573. The van der Waals surface area contributed by atoms with Crippen molar-refractivity contribution in [3.63, 3.8) is 0 Å². The highest BCUT2D eigenvalue weighted by atomic mass is 35.5. The average Bonchev–Trinajstić information content (AvgIpc) is 2.75. The third-order valence-corrected chi connectivity index (χ3v) is 6.92. The summed E-state index contributed by atoms with van der Waals surface area (Å²) in [5.41, 5.74) is 2.09. The highest BCUT2D eigenvalue weighted by Crippen LogP contribution is 2.25. The van der Waals surface area contributed by atoms with Gasteiger partial charge >= 0.3 is 0 Å². The van der Waals surface area contributed by atoms with E-state index in [9.17, 15) is 8.42 Å². The summed E-state index contributed by atoms with van der Waals surface area (Å²) in [7, 11) is -3.77. The van der Waals surface area contributed by atoms with Crippen molar-refractivity contribution in [2.75, 3.05) is 28.0 Å². The van der Waals surface area contributed by atoms with Crippen molar-refractivity contribution in [3.8, 4) is 0 Å². The minimum Gasteiger partial charge on any atom is -0.356 e. The normalized spacial score (nSPS) is 14.3. The lowest BCUT2D eigenvalue weighted by atomic mass is 10.1. The molecule has 9 heteroatoms. The Bertz CT molecular complexity index is 1160. The minimum absolute atomic E-state index is 0.0391. The Labute approximate surface area is 187 Å². The van der Waals surface area contributed by atoms with Gasteiger partial charge in [-0.3, -0.25) is 4.72 Å². The Kier molecular flexibility index (Phi) is 6.29. The molecule has 7 nitrogen and oxygen atoms in total. The number of hydrogen-bond acceptors (Lipinski definition) is 6. The first-order valence-electron chi connectivity index (χ1n) is 10.2. The molecule has 0 spiro atoms. The van der Waals surface area contributed by atoms with Crippen LogP contribution in [0.5, 0.6) is 0 Å². The van der Waals surface area contributed by atoms with Gasteiger partial charge in [-0.25, -0.2) is 13.4 Å². The summed E-state index contributed by atoms with van der Waals surface area (Å²) in [4.78, 5) is 11.5. The van der Waals surface area contributed by atoms with Crippen LogP contribution >= 0.6 is 11.6 Å². The molecule has 0 atom stereocenters. The van der Waals surface area contributed by atoms with E-state index in [2.05, 4.69) is 24.9 Å². The van der Waals surface area contributed by atoms with E-state index in [-0.39, 0.29) is 9.92 Å². The van der Waals surface area contributed by atoms with Crippen LogP contribution in [0.3, 0.4) is 0 Å². The lowest BCUT2D eigenvalue weighted by Crippen LogP contribution is -2.30. The lowest BCUT2D eigenvalue weighted by Gasteiger charge is -2.28. The van der Waals surface area contributed by atoms with Gasteiger partial charge in [-0.2, -0.15) is 4.98 Å².